The molecule has 0 radical (unpaired) electrons. The standard InChI is InChI=1S/C19H18N2O3/c22-18-13-19(21-8-10-23-11-9-21)20-17-7-6-15(12-16(17)18)24-14-4-2-1-3-5-14/h1-7,12-13H,8-11H2,(H,20,22). The van der Waals surface area contributed by atoms with Gasteiger partial charge in [-0.2, -0.15) is 0 Å². The summed E-state index contributed by atoms with van der Waals surface area (Å²) in [6, 6.07) is 16.7. The van der Waals surface area contributed by atoms with Gasteiger partial charge in [-0.05, 0) is 30.3 Å². The highest BCUT2D eigenvalue weighted by Gasteiger charge is 2.13. The molecule has 0 unspecified atom stereocenters. The topological polar surface area (TPSA) is 54.6 Å². The second-order valence-electron chi connectivity index (χ2n) is 5.74. The lowest BCUT2D eigenvalue weighted by Crippen LogP contribution is -2.37. The summed E-state index contributed by atoms with van der Waals surface area (Å²) < 4.78 is 11.2. The van der Waals surface area contributed by atoms with Crippen LogP contribution in [-0.4, -0.2) is 31.3 Å². The predicted octanol–water partition coefficient (Wildman–Crippen LogP) is 3.16. The van der Waals surface area contributed by atoms with Crippen LogP contribution in [0.25, 0.3) is 10.9 Å². The largest absolute Gasteiger partial charge is 0.457 e. The lowest BCUT2D eigenvalue weighted by Gasteiger charge is -2.28. The van der Waals surface area contributed by atoms with Crippen LogP contribution in [0.1, 0.15) is 0 Å². The molecule has 1 aliphatic rings. The number of morpholine rings is 1. The molecule has 0 atom stereocenters. The Morgan fingerprint density at radius 1 is 0.958 bits per heavy atom. The number of H-pyrrole nitrogens is 1. The van der Waals surface area contributed by atoms with Crippen molar-refractivity contribution in [2.24, 2.45) is 0 Å². The van der Waals surface area contributed by atoms with Crippen LogP contribution in [0.2, 0.25) is 0 Å². The zero-order chi connectivity index (χ0) is 16.4. The van der Waals surface area contributed by atoms with Gasteiger partial charge < -0.3 is 19.4 Å². The quantitative estimate of drug-likeness (QED) is 0.805. The summed E-state index contributed by atoms with van der Waals surface area (Å²) in [6.07, 6.45) is 0. The Morgan fingerprint density at radius 3 is 2.54 bits per heavy atom. The highest BCUT2D eigenvalue weighted by atomic mass is 16.5. The maximum Gasteiger partial charge on any atom is 0.191 e. The average Bonchev–Trinajstić information content (AvgIpc) is 2.64. The van der Waals surface area contributed by atoms with Crippen molar-refractivity contribution < 1.29 is 9.47 Å². The smallest absolute Gasteiger partial charge is 0.191 e. The summed E-state index contributed by atoms with van der Waals surface area (Å²) >= 11 is 0. The van der Waals surface area contributed by atoms with Crippen molar-refractivity contribution in [2.75, 3.05) is 31.2 Å². The van der Waals surface area contributed by atoms with Crippen LogP contribution in [0.3, 0.4) is 0 Å². The van der Waals surface area contributed by atoms with E-state index in [0.717, 1.165) is 30.2 Å². The number of nitrogens with zero attached hydrogens (tertiary/aromatic N) is 1. The van der Waals surface area contributed by atoms with E-state index < -0.39 is 0 Å². The molecule has 2 aromatic carbocycles. The van der Waals surface area contributed by atoms with Crippen LogP contribution >= 0.6 is 0 Å². The molecule has 0 spiro atoms. The molecule has 1 aliphatic heterocycles. The Morgan fingerprint density at radius 2 is 1.75 bits per heavy atom. The second kappa shape index (κ2) is 6.37. The highest BCUT2D eigenvalue weighted by Crippen LogP contribution is 2.24. The molecule has 2 heterocycles. The van der Waals surface area contributed by atoms with Crippen molar-refractivity contribution in [1.82, 2.24) is 4.98 Å². The van der Waals surface area contributed by atoms with Crippen LogP contribution in [-0.2, 0) is 4.74 Å². The molecule has 0 bridgehead atoms. The molecule has 5 heteroatoms. The number of hydrogen-bond acceptors (Lipinski definition) is 4. The summed E-state index contributed by atoms with van der Waals surface area (Å²) in [6.45, 7) is 2.95. The van der Waals surface area contributed by atoms with E-state index in [1.54, 1.807) is 12.1 Å². The van der Waals surface area contributed by atoms with Crippen molar-refractivity contribution in [1.29, 1.82) is 0 Å². The fourth-order valence-corrected chi connectivity index (χ4v) is 2.87. The monoisotopic (exact) mass is 322 g/mol. The van der Waals surface area contributed by atoms with Gasteiger partial charge in [-0.1, -0.05) is 18.2 Å². The van der Waals surface area contributed by atoms with Gasteiger partial charge in [0.25, 0.3) is 0 Å². The number of benzene rings is 2. The Labute approximate surface area is 139 Å². The molecule has 5 nitrogen and oxygen atoms in total. The van der Waals surface area contributed by atoms with E-state index in [-0.39, 0.29) is 5.43 Å². The van der Waals surface area contributed by atoms with E-state index in [4.69, 9.17) is 9.47 Å². The summed E-state index contributed by atoms with van der Waals surface area (Å²) in [5.74, 6) is 2.24. The molecule has 24 heavy (non-hydrogen) atoms. The van der Waals surface area contributed by atoms with Gasteiger partial charge in [-0.3, -0.25) is 4.79 Å². The molecule has 0 saturated carbocycles. The first-order valence-corrected chi connectivity index (χ1v) is 8.02. The van der Waals surface area contributed by atoms with Crippen molar-refractivity contribution >= 4 is 16.7 Å². The highest BCUT2D eigenvalue weighted by molar-refractivity contribution is 5.81. The van der Waals surface area contributed by atoms with E-state index in [1.807, 2.05) is 42.5 Å². The number of rotatable bonds is 3. The molecule has 1 aromatic heterocycles. The Bertz CT molecular complexity index is 899. The van der Waals surface area contributed by atoms with Gasteiger partial charge in [-0.25, -0.2) is 0 Å². The van der Waals surface area contributed by atoms with E-state index in [0.29, 0.717) is 24.3 Å². The van der Waals surface area contributed by atoms with Crippen molar-refractivity contribution in [3.05, 3.63) is 64.8 Å². The number of aromatic amines is 1. The predicted molar refractivity (Wildman–Crippen MR) is 94.1 cm³/mol. The fraction of sp³-hybridized carbons (Fsp3) is 0.211. The van der Waals surface area contributed by atoms with Crippen LogP contribution < -0.4 is 15.1 Å². The van der Waals surface area contributed by atoms with Crippen LogP contribution in [0.4, 0.5) is 5.82 Å². The minimum absolute atomic E-state index is 0.0104. The second-order valence-corrected chi connectivity index (χ2v) is 5.74. The summed E-state index contributed by atoms with van der Waals surface area (Å²) in [4.78, 5) is 18.0. The Kier molecular flexibility index (Phi) is 3.92. The molecule has 1 fully saturated rings. The molecule has 122 valence electrons. The number of para-hydroxylation sites is 1. The van der Waals surface area contributed by atoms with E-state index >= 15 is 0 Å². The number of fused-ring (bicyclic) bond motifs is 1. The van der Waals surface area contributed by atoms with Crippen LogP contribution in [0.5, 0.6) is 11.5 Å². The van der Waals surface area contributed by atoms with Crippen molar-refractivity contribution in [3.8, 4) is 11.5 Å². The first kappa shape index (κ1) is 14.8. The van der Waals surface area contributed by atoms with Gasteiger partial charge in [0, 0.05) is 24.5 Å². The lowest BCUT2D eigenvalue weighted by molar-refractivity contribution is 0.122. The van der Waals surface area contributed by atoms with Gasteiger partial charge in [0.2, 0.25) is 0 Å². The Balaban J connectivity index is 1.67. The summed E-state index contributed by atoms with van der Waals surface area (Å²) in [5, 5.41) is 0.625. The number of anilines is 1. The van der Waals surface area contributed by atoms with Crippen molar-refractivity contribution in [3.63, 3.8) is 0 Å². The average molecular weight is 322 g/mol. The minimum Gasteiger partial charge on any atom is -0.457 e. The summed E-state index contributed by atoms with van der Waals surface area (Å²) in [7, 11) is 0. The molecule has 4 rings (SSSR count). The minimum atomic E-state index is -0.0104. The van der Waals surface area contributed by atoms with E-state index in [2.05, 4.69) is 9.88 Å². The lowest BCUT2D eigenvalue weighted by atomic mass is 10.2. The molecular formula is C19H18N2O3. The Hall–Kier alpha value is -2.79. The molecule has 0 amide bonds. The summed E-state index contributed by atoms with van der Waals surface area (Å²) in [5.41, 5.74) is 0.799. The maximum absolute atomic E-state index is 12.5. The van der Waals surface area contributed by atoms with Gasteiger partial charge in [0.15, 0.2) is 5.43 Å². The molecule has 3 aromatic rings. The fourth-order valence-electron chi connectivity index (χ4n) is 2.87. The third-order valence-electron chi connectivity index (χ3n) is 4.12. The first-order chi connectivity index (χ1) is 11.8. The number of pyridine rings is 1. The number of ether oxygens (including phenoxy) is 2. The maximum atomic E-state index is 12.5. The van der Waals surface area contributed by atoms with E-state index in [1.165, 1.54) is 0 Å². The van der Waals surface area contributed by atoms with Gasteiger partial charge in [-0.15, -0.1) is 0 Å². The van der Waals surface area contributed by atoms with Gasteiger partial charge in [0.05, 0.1) is 18.7 Å². The third kappa shape index (κ3) is 2.98. The zero-order valence-corrected chi connectivity index (χ0v) is 13.2. The SMILES string of the molecule is O=c1cc(N2CCOCC2)[nH]c2ccc(Oc3ccccc3)cc12. The van der Waals surface area contributed by atoms with Crippen LogP contribution in [0, 0.1) is 0 Å². The molecule has 1 N–H and O–H groups in total. The van der Waals surface area contributed by atoms with Crippen molar-refractivity contribution in [2.45, 2.75) is 0 Å². The zero-order valence-electron chi connectivity index (χ0n) is 13.2. The number of aromatic nitrogens is 1. The first-order valence-electron chi connectivity index (χ1n) is 8.02. The normalized spacial score (nSPS) is 14.8. The molecule has 0 aliphatic carbocycles. The number of nitrogens with one attached hydrogen (secondary N) is 1. The van der Waals surface area contributed by atoms with E-state index in [9.17, 15) is 4.79 Å². The molecule has 1 saturated heterocycles. The third-order valence-corrected chi connectivity index (χ3v) is 4.12. The van der Waals surface area contributed by atoms with Gasteiger partial charge >= 0.3 is 0 Å². The van der Waals surface area contributed by atoms with Gasteiger partial charge in [0.1, 0.15) is 17.3 Å². The van der Waals surface area contributed by atoms with Crippen LogP contribution in [0.15, 0.2) is 59.4 Å². The number of hydrogen-bond donors (Lipinski definition) is 1. The molecular weight excluding hydrogens is 304 g/mol.